The van der Waals surface area contributed by atoms with Crippen molar-refractivity contribution in [3.05, 3.63) is 53.9 Å². The van der Waals surface area contributed by atoms with Crippen LogP contribution >= 0.6 is 0 Å². The molecule has 7 heteroatoms. The van der Waals surface area contributed by atoms with E-state index in [0.717, 1.165) is 28.0 Å². The first kappa shape index (κ1) is 19.6. The summed E-state index contributed by atoms with van der Waals surface area (Å²) in [6, 6.07) is 13.6. The molecule has 3 rings (SSSR count). The number of nitrogens with two attached hydrogens (primary N) is 1. The van der Waals surface area contributed by atoms with Crippen molar-refractivity contribution in [2.75, 3.05) is 19.1 Å². The molecule has 3 aromatic rings. The maximum absolute atomic E-state index is 12.3. The van der Waals surface area contributed by atoms with E-state index in [0.29, 0.717) is 11.6 Å². The fourth-order valence-corrected chi connectivity index (χ4v) is 3.25. The number of carbonyl (C=O) groups is 1. The van der Waals surface area contributed by atoms with E-state index in [2.05, 4.69) is 15.4 Å². The fraction of sp³-hybridized carbons (Fsp3) is 0.286. The summed E-state index contributed by atoms with van der Waals surface area (Å²) >= 11 is 0. The highest BCUT2D eigenvalue weighted by molar-refractivity contribution is 5.92. The summed E-state index contributed by atoms with van der Waals surface area (Å²) in [7, 11) is 3.52. The van der Waals surface area contributed by atoms with Gasteiger partial charge in [-0.25, -0.2) is 15.8 Å². The highest BCUT2D eigenvalue weighted by Crippen LogP contribution is 2.37. The van der Waals surface area contributed by atoms with Crippen LogP contribution in [-0.4, -0.2) is 30.0 Å². The van der Waals surface area contributed by atoms with Gasteiger partial charge in [0.1, 0.15) is 17.4 Å². The van der Waals surface area contributed by atoms with Crippen LogP contribution in [0.25, 0.3) is 10.9 Å². The number of hydrogen-bond donors (Lipinski definition) is 2. The summed E-state index contributed by atoms with van der Waals surface area (Å²) in [5, 5.41) is 0.951. The third kappa shape index (κ3) is 3.36. The molecule has 0 aliphatic carbocycles. The van der Waals surface area contributed by atoms with Crippen LogP contribution in [0.5, 0.6) is 5.75 Å². The van der Waals surface area contributed by atoms with Crippen molar-refractivity contribution in [2.24, 2.45) is 5.84 Å². The smallest absolute Gasteiger partial charge is 0.244 e. The van der Waals surface area contributed by atoms with Crippen LogP contribution in [0.1, 0.15) is 25.2 Å². The molecular formula is C21H25N5O2. The number of anilines is 2. The number of nitrogens with one attached hydrogen (secondary N) is 1. The van der Waals surface area contributed by atoms with Gasteiger partial charge in [-0.3, -0.25) is 10.2 Å². The Hall–Kier alpha value is -3.19. The van der Waals surface area contributed by atoms with Crippen LogP contribution in [0.2, 0.25) is 0 Å². The van der Waals surface area contributed by atoms with Crippen LogP contribution in [0.4, 0.5) is 11.5 Å². The maximum Gasteiger partial charge on any atom is 0.244 e. The lowest BCUT2D eigenvalue weighted by molar-refractivity contribution is -0.125. The van der Waals surface area contributed by atoms with Crippen molar-refractivity contribution in [1.29, 1.82) is 0 Å². The number of fused-ring (bicyclic) bond motifs is 1. The largest absolute Gasteiger partial charge is 0.496 e. The number of methoxy groups -OCH3 is 1. The molecule has 1 heterocycles. The number of benzene rings is 2. The summed E-state index contributed by atoms with van der Waals surface area (Å²) < 4.78 is 5.49. The van der Waals surface area contributed by atoms with Gasteiger partial charge in [0.25, 0.3) is 0 Å². The van der Waals surface area contributed by atoms with Crippen molar-refractivity contribution in [3.8, 4) is 5.75 Å². The van der Waals surface area contributed by atoms with E-state index in [1.54, 1.807) is 21.0 Å². The molecule has 0 spiro atoms. The first-order chi connectivity index (χ1) is 13.3. The molecule has 2 aromatic carbocycles. The Labute approximate surface area is 164 Å². The van der Waals surface area contributed by atoms with Gasteiger partial charge in [0.2, 0.25) is 5.91 Å². The van der Waals surface area contributed by atoms with Crippen LogP contribution in [-0.2, 0) is 10.2 Å². The van der Waals surface area contributed by atoms with Gasteiger partial charge in [0, 0.05) is 23.7 Å². The first-order valence-corrected chi connectivity index (χ1v) is 8.96. The molecule has 0 atom stereocenters. The molecule has 3 N–H and O–H groups in total. The van der Waals surface area contributed by atoms with Gasteiger partial charge in [-0.1, -0.05) is 12.1 Å². The van der Waals surface area contributed by atoms with Crippen molar-refractivity contribution in [2.45, 2.75) is 26.2 Å². The molecule has 0 radical (unpaired) electrons. The highest BCUT2D eigenvalue weighted by Gasteiger charge is 2.33. The van der Waals surface area contributed by atoms with Crippen molar-refractivity contribution < 1.29 is 9.53 Å². The molecule has 0 saturated carbocycles. The molecule has 146 valence electrons. The number of aromatic nitrogens is 2. The average molecular weight is 379 g/mol. The molecule has 7 nitrogen and oxygen atoms in total. The second kappa shape index (κ2) is 7.44. The maximum atomic E-state index is 12.3. The number of nitrogens with zero attached hydrogens (tertiary/aromatic N) is 3. The number of para-hydroxylation sites is 1. The van der Waals surface area contributed by atoms with Gasteiger partial charge < -0.3 is 9.64 Å². The Morgan fingerprint density at radius 2 is 1.89 bits per heavy atom. The van der Waals surface area contributed by atoms with Gasteiger partial charge >= 0.3 is 0 Å². The zero-order valence-electron chi connectivity index (χ0n) is 16.8. The van der Waals surface area contributed by atoms with Crippen molar-refractivity contribution >= 4 is 28.3 Å². The second-order valence-electron chi connectivity index (χ2n) is 7.15. The Kier molecular flexibility index (Phi) is 5.20. The quantitative estimate of drug-likeness (QED) is 0.402. The lowest BCUT2D eigenvalue weighted by Gasteiger charge is -2.28. The van der Waals surface area contributed by atoms with E-state index in [-0.39, 0.29) is 5.91 Å². The second-order valence-corrected chi connectivity index (χ2v) is 7.15. The van der Waals surface area contributed by atoms with E-state index in [4.69, 9.17) is 10.6 Å². The molecule has 0 aliphatic heterocycles. The van der Waals surface area contributed by atoms with Crippen LogP contribution in [0, 0.1) is 6.92 Å². The zero-order valence-corrected chi connectivity index (χ0v) is 16.8. The Morgan fingerprint density at radius 3 is 2.57 bits per heavy atom. The summed E-state index contributed by atoms with van der Waals surface area (Å²) in [5.74, 6) is 7.19. The number of ether oxygens (including phenoxy) is 1. The number of amides is 1. The number of aryl methyl sites for hydroxylation is 1. The van der Waals surface area contributed by atoms with Crippen LogP contribution in [0.3, 0.4) is 0 Å². The summed E-state index contributed by atoms with van der Waals surface area (Å²) in [6.07, 6.45) is 0. The SMILES string of the molecule is COc1ccc(N(C)c2nc(C)nc3ccccc23)cc1C(C)(C)C(=O)NN. The molecule has 0 bridgehead atoms. The third-order valence-corrected chi connectivity index (χ3v) is 4.96. The molecule has 0 fully saturated rings. The number of carbonyl (C=O) groups excluding carboxylic acids is 1. The molecule has 0 aliphatic rings. The monoisotopic (exact) mass is 379 g/mol. The molecular weight excluding hydrogens is 354 g/mol. The molecule has 0 saturated heterocycles. The molecule has 0 unspecified atom stereocenters. The number of hydrazine groups is 1. The topological polar surface area (TPSA) is 93.4 Å². The molecule has 1 amide bonds. The van der Waals surface area contributed by atoms with Gasteiger partial charge in [-0.2, -0.15) is 0 Å². The predicted octanol–water partition coefficient (Wildman–Crippen LogP) is 2.98. The minimum atomic E-state index is -0.874. The zero-order chi connectivity index (χ0) is 20.5. The van der Waals surface area contributed by atoms with E-state index < -0.39 is 5.41 Å². The minimum absolute atomic E-state index is 0.297. The lowest BCUT2D eigenvalue weighted by atomic mass is 9.83. The highest BCUT2D eigenvalue weighted by atomic mass is 16.5. The van der Waals surface area contributed by atoms with Crippen molar-refractivity contribution in [3.63, 3.8) is 0 Å². The summed E-state index contributed by atoms with van der Waals surface area (Å²) in [5.41, 5.74) is 3.85. The molecule has 1 aromatic heterocycles. The summed E-state index contributed by atoms with van der Waals surface area (Å²) in [6.45, 7) is 5.49. The number of hydrogen-bond acceptors (Lipinski definition) is 6. The van der Waals surface area contributed by atoms with E-state index in [1.807, 2.05) is 61.3 Å². The number of rotatable bonds is 5. The van der Waals surface area contributed by atoms with Gasteiger partial charge in [0.05, 0.1) is 18.0 Å². The van der Waals surface area contributed by atoms with Gasteiger partial charge in [0.15, 0.2) is 0 Å². The van der Waals surface area contributed by atoms with Crippen molar-refractivity contribution in [1.82, 2.24) is 15.4 Å². The van der Waals surface area contributed by atoms with Gasteiger partial charge in [-0.15, -0.1) is 0 Å². The lowest BCUT2D eigenvalue weighted by Crippen LogP contribution is -2.43. The van der Waals surface area contributed by atoms with E-state index in [1.165, 1.54) is 0 Å². The Bertz CT molecular complexity index is 1030. The van der Waals surface area contributed by atoms with Crippen LogP contribution < -0.4 is 20.9 Å². The van der Waals surface area contributed by atoms with Crippen LogP contribution in [0.15, 0.2) is 42.5 Å². The first-order valence-electron chi connectivity index (χ1n) is 8.96. The average Bonchev–Trinajstić information content (AvgIpc) is 2.71. The van der Waals surface area contributed by atoms with Gasteiger partial charge in [-0.05, 0) is 51.1 Å². The molecule has 28 heavy (non-hydrogen) atoms. The Balaban J connectivity index is 2.15. The minimum Gasteiger partial charge on any atom is -0.496 e. The predicted molar refractivity (Wildman–Crippen MR) is 111 cm³/mol. The third-order valence-electron chi connectivity index (χ3n) is 4.96. The summed E-state index contributed by atoms with van der Waals surface area (Å²) in [4.78, 5) is 23.5. The normalized spacial score (nSPS) is 11.4. The van der Waals surface area contributed by atoms with E-state index in [9.17, 15) is 4.79 Å². The Morgan fingerprint density at radius 1 is 1.18 bits per heavy atom. The fourth-order valence-electron chi connectivity index (χ4n) is 3.25. The van der Waals surface area contributed by atoms with E-state index >= 15 is 0 Å². The standard InChI is InChI=1S/C21H25N5O2/c1-13-23-17-9-7-6-8-15(17)19(24-13)26(4)14-10-11-18(28-5)16(12-14)21(2,3)20(27)25-22/h6-12H,22H2,1-5H3,(H,25,27).